The molecule has 1 aromatic rings. The Bertz CT molecular complexity index is 353. The van der Waals surface area contributed by atoms with Gasteiger partial charge in [-0.15, -0.1) is 0 Å². The summed E-state index contributed by atoms with van der Waals surface area (Å²) < 4.78 is 0. The fourth-order valence-electron chi connectivity index (χ4n) is 2.72. The molecule has 84 valence electrons. The molecular formula is C15H19N. The Morgan fingerprint density at radius 1 is 1.00 bits per heavy atom. The summed E-state index contributed by atoms with van der Waals surface area (Å²) in [4.78, 5) is 0. The summed E-state index contributed by atoms with van der Waals surface area (Å²) in [5.74, 6) is 0. The lowest BCUT2D eigenvalue weighted by atomic mass is 9.77. The lowest BCUT2D eigenvalue weighted by Gasteiger charge is -2.24. The van der Waals surface area contributed by atoms with Crippen molar-refractivity contribution in [2.75, 3.05) is 0 Å². The average Bonchev–Trinajstić information content (AvgIpc) is 2.57. The van der Waals surface area contributed by atoms with Crippen LogP contribution in [0.1, 0.15) is 44.1 Å². The highest BCUT2D eigenvalue weighted by atomic mass is 14.4. The van der Waals surface area contributed by atoms with E-state index in [0.29, 0.717) is 0 Å². The Balaban J connectivity index is 2.12. The fourth-order valence-corrected chi connectivity index (χ4v) is 2.72. The molecule has 0 bridgehead atoms. The van der Waals surface area contributed by atoms with Gasteiger partial charge in [-0.2, -0.15) is 5.26 Å². The highest BCUT2D eigenvalue weighted by molar-refractivity contribution is 5.19. The molecule has 1 aliphatic rings. The topological polar surface area (TPSA) is 23.8 Å². The van der Waals surface area contributed by atoms with Crippen LogP contribution < -0.4 is 0 Å². The molecule has 0 atom stereocenters. The number of nitrogens with zero attached hydrogens (tertiary/aromatic N) is 1. The third-order valence-electron chi connectivity index (χ3n) is 3.68. The third-order valence-corrected chi connectivity index (χ3v) is 3.68. The summed E-state index contributed by atoms with van der Waals surface area (Å²) in [5.41, 5.74) is 1.23. The summed E-state index contributed by atoms with van der Waals surface area (Å²) in [5, 5.41) is 9.48. The predicted octanol–water partition coefficient (Wildman–Crippen LogP) is 4.09. The number of nitriles is 1. The van der Waals surface area contributed by atoms with E-state index in [0.717, 1.165) is 19.3 Å². The van der Waals surface area contributed by atoms with Crippen LogP contribution in [0.2, 0.25) is 0 Å². The standard InChI is InChI=1S/C15H19N/c16-13-15(10-6-1-2-7-11-15)12-14-8-4-3-5-9-14/h3-5,8-9H,1-2,6-7,10-12H2. The van der Waals surface area contributed by atoms with Gasteiger partial charge < -0.3 is 0 Å². The molecule has 0 amide bonds. The lowest BCUT2D eigenvalue weighted by molar-refractivity contribution is 0.339. The summed E-state index contributed by atoms with van der Waals surface area (Å²) in [6, 6.07) is 13.1. The molecule has 0 unspecified atom stereocenters. The van der Waals surface area contributed by atoms with Gasteiger partial charge in [0.25, 0.3) is 0 Å². The van der Waals surface area contributed by atoms with Crippen LogP contribution in [-0.2, 0) is 6.42 Å². The van der Waals surface area contributed by atoms with Crippen LogP contribution in [0.3, 0.4) is 0 Å². The molecule has 1 saturated carbocycles. The number of rotatable bonds is 2. The minimum Gasteiger partial charge on any atom is -0.198 e. The first-order valence-corrected chi connectivity index (χ1v) is 6.30. The van der Waals surface area contributed by atoms with E-state index < -0.39 is 0 Å². The Kier molecular flexibility index (Phi) is 3.62. The molecule has 0 heterocycles. The van der Waals surface area contributed by atoms with Crippen molar-refractivity contribution >= 4 is 0 Å². The quantitative estimate of drug-likeness (QED) is 0.679. The van der Waals surface area contributed by atoms with E-state index in [1.54, 1.807) is 0 Å². The van der Waals surface area contributed by atoms with Crippen molar-refractivity contribution in [3.63, 3.8) is 0 Å². The van der Waals surface area contributed by atoms with E-state index in [2.05, 4.69) is 30.3 Å². The SMILES string of the molecule is N#CC1(Cc2ccccc2)CCCCCC1. The van der Waals surface area contributed by atoms with E-state index in [1.807, 2.05) is 6.07 Å². The van der Waals surface area contributed by atoms with Crippen LogP contribution in [0.25, 0.3) is 0 Å². The van der Waals surface area contributed by atoms with Crippen LogP contribution in [0.15, 0.2) is 30.3 Å². The molecule has 1 aromatic carbocycles. The van der Waals surface area contributed by atoms with E-state index in [4.69, 9.17) is 0 Å². The molecule has 1 heteroatoms. The van der Waals surface area contributed by atoms with Crippen molar-refractivity contribution in [2.45, 2.75) is 44.9 Å². The third kappa shape index (κ3) is 2.64. The van der Waals surface area contributed by atoms with Gasteiger partial charge in [-0.3, -0.25) is 0 Å². The first-order chi connectivity index (χ1) is 7.85. The molecule has 0 radical (unpaired) electrons. The van der Waals surface area contributed by atoms with Crippen LogP contribution in [0, 0.1) is 16.7 Å². The summed E-state index contributed by atoms with van der Waals surface area (Å²) in [6.45, 7) is 0. The summed E-state index contributed by atoms with van der Waals surface area (Å²) in [7, 11) is 0. The highest BCUT2D eigenvalue weighted by Gasteiger charge is 2.30. The Morgan fingerprint density at radius 3 is 2.19 bits per heavy atom. The van der Waals surface area contributed by atoms with E-state index in [1.165, 1.54) is 31.2 Å². The minimum absolute atomic E-state index is 0.0855. The van der Waals surface area contributed by atoms with Gasteiger partial charge in [0.2, 0.25) is 0 Å². The lowest BCUT2D eigenvalue weighted by Crippen LogP contribution is -2.20. The molecule has 1 aliphatic carbocycles. The van der Waals surface area contributed by atoms with Gasteiger partial charge in [0.05, 0.1) is 11.5 Å². The second-order valence-corrected chi connectivity index (χ2v) is 4.97. The van der Waals surface area contributed by atoms with E-state index in [9.17, 15) is 5.26 Å². The van der Waals surface area contributed by atoms with Gasteiger partial charge in [0.15, 0.2) is 0 Å². The number of benzene rings is 1. The predicted molar refractivity (Wildman–Crippen MR) is 65.9 cm³/mol. The zero-order valence-electron chi connectivity index (χ0n) is 9.78. The molecule has 2 rings (SSSR count). The molecule has 0 N–H and O–H groups in total. The van der Waals surface area contributed by atoms with Gasteiger partial charge in [0.1, 0.15) is 0 Å². The maximum Gasteiger partial charge on any atom is 0.0693 e. The first kappa shape index (κ1) is 11.2. The fraction of sp³-hybridized carbons (Fsp3) is 0.533. The monoisotopic (exact) mass is 213 g/mol. The van der Waals surface area contributed by atoms with Crippen molar-refractivity contribution in [1.29, 1.82) is 5.26 Å². The smallest absolute Gasteiger partial charge is 0.0693 e. The number of hydrogen-bond donors (Lipinski definition) is 0. The molecule has 0 spiro atoms. The van der Waals surface area contributed by atoms with Crippen LogP contribution in [0.5, 0.6) is 0 Å². The molecule has 0 aromatic heterocycles. The van der Waals surface area contributed by atoms with Crippen molar-refractivity contribution < 1.29 is 0 Å². The van der Waals surface area contributed by atoms with E-state index in [-0.39, 0.29) is 5.41 Å². The highest BCUT2D eigenvalue weighted by Crippen LogP contribution is 2.37. The van der Waals surface area contributed by atoms with Crippen LogP contribution >= 0.6 is 0 Å². The second-order valence-electron chi connectivity index (χ2n) is 4.97. The minimum atomic E-state index is -0.0855. The normalized spacial score (nSPS) is 19.7. The van der Waals surface area contributed by atoms with E-state index >= 15 is 0 Å². The molecule has 0 saturated heterocycles. The molecule has 16 heavy (non-hydrogen) atoms. The zero-order valence-corrected chi connectivity index (χ0v) is 9.78. The van der Waals surface area contributed by atoms with Crippen molar-refractivity contribution in [3.05, 3.63) is 35.9 Å². The van der Waals surface area contributed by atoms with Crippen molar-refractivity contribution in [2.24, 2.45) is 5.41 Å². The summed E-state index contributed by atoms with van der Waals surface area (Å²) >= 11 is 0. The molecule has 1 nitrogen and oxygen atoms in total. The molecule has 1 fully saturated rings. The molecule has 0 aliphatic heterocycles. The van der Waals surface area contributed by atoms with Gasteiger partial charge in [-0.25, -0.2) is 0 Å². The Morgan fingerprint density at radius 2 is 1.62 bits per heavy atom. The number of hydrogen-bond acceptors (Lipinski definition) is 1. The Hall–Kier alpha value is -1.29. The van der Waals surface area contributed by atoms with Gasteiger partial charge in [0, 0.05) is 0 Å². The largest absolute Gasteiger partial charge is 0.198 e. The van der Waals surface area contributed by atoms with Gasteiger partial charge >= 0.3 is 0 Å². The summed E-state index contributed by atoms with van der Waals surface area (Å²) in [6.07, 6.45) is 8.15. The Labute approximate surface area is 98.1 Å². The van der Waals surface area contributed by atoms with Gasteiger partial charge in [-0.1, -0.05) is 56.0 Å². The average molecular weight is 213 g/mol. The second kappa shape index (κ2) is 5.16. The maximum atomic E-state index is 9.48. The molecular weight excluding hydrogens is 194 g/mol. The van der Waals surface area contributed by atoms with Crippen molar-refractivity contribution in [3.8, 4) is 6.07 Å². The zero-order chi connectivity index (χ0) is 11.3. The van der Waals surface area contributed by atoms with Crippen molar-refractivity contribution in [1.82, 2.24) is 0 Å². The maximum absolute atomic E-state index is 9.48. The first-order valence-electron chi connectivity index (χ1n) is 6.30. The van der Waals surface area contributed by atoms with Crippen LogP contribution in [0.4, 0.5) is 0 Å². The van der Waals surface area contributed by atoms with Crippen LogP contribution in [-0.4, -0.2) is 0 Å². The van der Waals surface area contributed by atoms with Gasteiger partial charge in [-0.05, 0) is 24.8 Å².